The van der Waals surface area contributed by atoms with Crippen molar-refractivity contribution in [3.8, 4) is 11.3 Å². The largest absolute Gasteiger partial charge is 0.355 e. The number of aromatic nitrogens is 5. The Kier molecular flexibility index (Phi) is 6.27. The van der Waals surface area contributed by atoms with Gasteiger partial charge in [-0.25, -0.2) is 15.0 Å². The monoisotopic (exact) mass is 506 g/mol. The van der Waals surface area contributed by atoms with Crippen LogP contribution in [0.1, 0.15) is 6.92 Å². The molecule has 1 aliphatic heterocycles. The third-order valence-corrected chi connectivity index (χ3v) is 6.60. The Morgan fingerprint density at radius 3 is 2.39 bits per heavy atom. The summed E-state index contributed by atoms with van der Waals surface area (Å²) in [5, 5.41) is 6.74. The fourth-order valence-electron chi connectivity index (χ4n) is 4.61. The molecule has 0 unspecified atom stereocenters. The number of piperazine rings is 1. The fraction of sp³-hybridized carbons (Fsp3) is 0.179. The zero-order chi connectivity index (χ0) is 25.9. The van der Waals surface area contributed by atoms with Crippen LogP contribution < -0.4 is 20.5 Å². The van der Waals surface area contributed by atoms with Crippen molar-refractivity contribution in [3.05, 3.63) is 79.3 Å². The van der Waals surface area contributed by atoms with Crippen molar-refractivity contribution in [1.82, 2.24) is 24.8 Å². The van der Waals surface area contributed by atoms with Gasteiger partial charge in [-0.1, -0.05) is 24.3 Å². The summed E-state index contributed by atoms with van der Waals surface area (Å²) < 4.78 is 0. The summed E-state index contributed by atoms with van der Waals surface area (Å²) in [5.41, 5.74) is 5.84. The van der Waals surface area contributed by atoms with E-state index < -0.39 is 0 Å². The van der Waals surface area contributed by atoms with E-state index in [1.54, 1.807) is 13.3 Å². The van der Waals surface area contributed by atoms with Gasteiger partial charge in [-0.3, -0.25) is 9.69 Å². The second kappa shape index (κ2) is 10.2. The van der Waals surface area contributed by atoms with Gasteiger partial charge >= 0.3 is 0 Å². The molecule has 10 nitrogen and oxygen atoms in total. The van der Waals surface area contributed by atoms with Crippen LogP contribution in [0.5, 0.6) is 0 Å². The van der Waals surface area contributed by atoms with E-state index in [4.69, 9.17) is 4.98 Å². The lowest BCUT2D eigenvalue weighted by Crippen LogP contribution is -2.49. The van der Waals surface area contributed by atoms with Gasteiger partial charge in [-0.15, -0.1) is 0 Å². The first-order valence-corrected chi connectivity index (χ1v) is 12.6. The van der Waals surface area contributed by atoms with Gasteiger partial charge in [0.15, 0.2) is 5.65 Å². The molecule has 0 atom stereocenters. The number of carbonyl (C=O) groups is 1. The number of fused-ring (bicyclic) bond motifs is 1. The second-order valence-electron chi connectivity index (χ2n) is 9.15. The van der Waals surface area contributed by atoms with E-state index in [1.165, 1.54) is 0 Å². The van der Waals surface area contributed by atoms with Crippen LogP contribution in [0.3, 0.4) is 0 Å². The number of imidazole rings is 1. The molecule has 2 aromatic carbocycles. The number of amides is 1. The fourth-order valence-corrected chi connectivity index (χ4v) is 4.61. The molecule has 0 radical (unpaired) electrons. The summed E-state index contributed by atoms with van der Waals surface area (Å²) >= 11 is 0. The summed E-state index contributed by atoms with van der Waals surface area (Å²) in [4.78, 5) is 36.2. The molecule has 0 saturated carbocycles. The number of hydrogen-bond acceptors (Lipinski definition) is 7. The van der Waals surface area contributed by atoms with Crippen molar-refractivity contribution < 1.29 is 9.78 Å². The molecule has 38 heavy (non-hydrogen) atoms. The van der Waals surface area contributed by atoms with Crippen molar-refractivity contribution in [2.24, 2.45) is 0 Å². The van der Waals surface area contributed by atoms with E-state index in [-0.39, 0.29) is 5.91 Å². The number of aromatic amines is 2. The smallest absolute Gasteiger partial charge is 0.274 e. The Labute approximate surface area is 219 Å². The number of pyridine rings is 1. The molecule has 4 N–H and O–H groups in total. The number of para-hydroxylation sites is 1. The predicted octanol–water partition coefficient (Wildman–Crippen LogP) is 3.99. The zero-order valence-corrected chi connectivity index (χ0v) is 21.0. The summed E-state index contributed by atoms with van der Waals surface area (Å²) in [6.07, 6.45) is 3.58. The number of hydrogen-bond donors (Lipinski definition) is 3. The normalized spacial score (nSPS) is 13.5. The van der Waals surface area contributed by atoms with Gasteiger partial charge in [-0.05, 0) is 36.4 Å². The molecule has 5 aromatic rings. The van der Waals surface area contributed by atoms with Gasteiger partial charge in [0.05, 0.1) is 25.6 Å². The third kappa shape index (κ3) is 4.96. The standard InChI is InChI=1S/C28H27N9O/c1-19(38)36-12-14-37(15-13-36)24-11-10-20(17-29-24)25-26-27(31-18-30-26)35-28(34-25)33-23-9-5-8-22(16-23)32-21-6-3-2-4-7-21/h2-11,16-18,32H,12-15H2,1H3,(H2,30,31,33,34,35)/p+1. The van der Waals surface area contributed by atoms with Gasteiger partial charge in [0.2, 0.25) is 11.9 Å². The number of anilines is 5. The number of nitrogens with one attached hydrogen (secondary N) is 4. The highest BCUT2D eigenvalue weighted by atomic mass is 16.2. The average molecular weight is 507 g/mol. The highest BCUT2D eigenvalue weighted by molar-refractivity contribution is 5.88. The first-order valence-electron chi connectivity index (χ1n) is 12.6. The molecule has 3 aromatic heterocycles. The molecule has 1 aliphatic rings. The van der Waals surface area contributed by atoms with Gasteiger partial charge in [0.1, 0.15) is 24.3 Å². The summed E-state index contributed by atoms with van der Waals surface area (Å²) in [6, 6.07) is 22.1. The Bertz CT molecular complexity index is 1560. The molecule has 0 spiro atoms. The van der Waals surface area contributed by atoms with E-state index in [0.717, 1.165) is 65.8 Å². The molecule has 1 amide bonds. The van der Waals surface area contributed by atoms with Crippen molar-refractivity contribution in [2.75, 3.05) is 41.7 Å². The van der Waals surface area contributed by atoms with Gasteiger partial charge in [-0.2, -0.15) is 4.98 Å². The molecule has 1 fully saturated rings. The highest BCUT2D eigenvalue weighted by Gasteiger charge is 2.25. The number of rotatable bonds is 6. The quantitative estimate of drug-likeness (QED) is 0.319. The van der Waals surface area contributed by atoms with Crippen LogP contribution in [0.15, 0.2) is 79.3 Å². The summed E-state index contributed by atoms with van der Waals surface area (Å²) in [7, 11) is 0. The van der Waals surface area contributed by atoms with Crippen LogP contribution in [-0.2, 0) is 4.79 Å². The lowest BCUT2D eigenvalue weighted by atomic mass is 10.2. The van der Waals surface area contributed by atoms with Crippen LogP contribution in [0.25, 0.3) is 22.4 Å². The predicted molar refractivity (Wildman–Crippen MR) is 148 cm³/mol. The van der Waals surface area contributed by atoms with Crippen LogP contribution in [0, 0.1) is 0 Å². The van der Waals surface area contributed by atoms with Gasteiger partial charge in [0.25, 0.3) is 5.82 Å². The minimum absolute atomic E-state index is 0.125. The maximum absolute atomic E-state index is 11.6. The molecule has 1 saturated heterocycles. The first-order chi connectivity index (χ1) is 18.6. The van der Waals surface area contributed by atoms with E-state index >= 15 is 0 Å². The van der Waals surface area contributed by atoms with Crippen molar-refractivity contribution in [1.29, 1.82) is 0 Å². The lowest BCUT2D eigenvalue weighted by molar-refractivity contribution is -0.363. The number of carbonyl (C=O) groups excluding carboxylic acids is 1. The minimum atomic E-state index is 0.125. The Morgan fingerprint density at radius 2 is 1.66 bits per heavy atom. The first kappa shape index (κ1) is 23.4. The molecular weight excluding hydrogens is 478 g/mol. The maximum Gasteiger partial charge on any atom is 0.274 e. The van der Waals surface area contributed by atoms with Crippen molar-refractivity contribution >= 4 is 45.9 Å². The average Bonchev–Trinajstić information content (AvgIpc) is 3.42. The topological polar surface area (TPSA) is 116 Å². The van der Waals surface area contributed by atoms with Crippen molar-refractivity contribution in [2.45, 2.75) is 6.92 Å². The number of nitrogens with zero attached hydrogens (tertiary/aromatic N) is 5. The molecule has 6 rings (SSSR count). The highest BCUT2D eigenvalue weighted by Crippen LogP contribution is 2.27. The summed E-state index contributed by atoms with van der Waals surface area (Å²) in [6.45, 7) is 4.65. The third-order valence-electron chi connectivity index (χ3n) is 6.60. The van der Waals surface area contributed by atoms with E-state index in [2.05, 4.69) is 41.5 Å². The van der Waals surface area contributed by atoms with Crippen molar-refractivity contribution in [3.63, 3.8) is 0 Å². The maximum atomic E-state index is 11.6. The SMILES string of the molecule is CC(=O)N1CCN(c2ccc(-c3nc(Nc4cccc(Nc5ccccc5)c4)nc4nc[nH]c34)c[nH+]2)CC1. The lowest BCUT2D eigenvalue weighted by Gasteiger charge is -2.30. The van der Waals surface area contributed by atoms with E-state index in [9.17, 15) is 4.79 Å². The van der Waals surface area contributed by atoms with Crippen LogP contribution in [0.2, 0.25) is 0 Å². The molecule has 10 heteroatoms. The molecule has 4 heterocycles. The van der Waals surface area contributed by atoms with E-state index in [0.29, 0.717) is 11.6 Å². The Morgan fingerprint density at radius 1 is 0.895 bits per heavy atom. The molecule has 0 bridgehead atoms. The Hall–Kier alpha value is -4.99. The van der Waals surface area contributed by atoms with Gasteiger partial charge in [0, 0.05) is 35.6 Å². The zero-order valence-electron chi connectivity index (χ0n) is 21.0. The molecular formula is C28H28N9O+. The van der Waals surface area contributed by atoms with Crippen LogP contribution in [-0.4, -0.2) is 56.9 Å². The van der Waals surface area contributed by atoms with E-state index in [1.807, 2.05) is 71.8 Å². The van der Waals surface area contributed by atoms with Crippen LogP contribution in [0.4, 0.5) is 28.8 Å². The van der Waals surface area contributed by atoms with Gasteiger partial charge < -0.3 is 20.5 Å². The second-order valence-corrected chi connectivity index (χ2v) is 9.15. The summed E-state index contributed by atoms with van der Waals surface area (Å²) in [5.74, 6) is 1.59. The Balaban J connectivity index is 1.23. The molecule has 0 aliphatic carbocycles. The number of benzene rings is 2. The molecule has 190 valence electrons. The number of H-pyrrole nitrogens is 2. The van der Waals surface area contributed by atoms with Crippen LogP contribution >= 0.6 is 0 Å². The minimum Gasteiger partial charge on any atom is -0.355 e.